The summed E-state index contributed by atoms with van der Waals surface area (Å²) in [4.78, 5) is 30.7. The second-order valence-electron chi connectivity index (χ2n) is 9.78. The van der Waals surface area contributed by atoms with Crippen molar-refractivity contribution < 1.29 is 0 Å². The summed E-state index contributed by atoms with van der Waals surface area (Å²) in [5.41, 5.74) is -0.223. The Kier molecular flexibility index (Phi) is 5.69. The molecule has 0 saturated heterocycles. The minimum Gasteiger partial charge on any atom is -0.271 e. The van der Waals surface area contributed by atoms with Crippen molar-refractivity contribution in [3.05, 3.63) is 57.1 Å². The highest BCUT2D eigenvalue weighted by Gasteiger charge is 2.30. The SMILES string of the molecule is CCCC(CCC)n1c(=O)c2c3cc(SI)c4ccc5ccc6c(SI)cc(c2c1=O)c1c6c5c4c31. The summed E-state index contributed by atoms with van der Waals surface area (Å²) in [5.74, 6) is 0. The number of rotatable bonds is 7. The number of benzene rings is 5. The van der Waals surface area contributed by atoms with Crippen LogP contribution in [-0.4, -0.2) is 4.57 Å². The van der Waals surface area contributed by atoms with Crippen molar-refractivity contribution in [3.8, 4) is 0 Å². The van der Waals surface area contributed by atoms with Gasteiger partial charge in [0, 0.05) is 58.2 Å². The van der Waals surface area contributed by atoms with Crippen LogP contribution < -0.4 is 11.1 Å². The number of aromatic nitrogens is 1. The van der Waals surface area contributed by atoms with E-state index in [1.165, 1.54) is 32.3 Å². The number of hydrogen-bond acceptors (Lipinski definition) is 4. The lowest BCUT2D eigenvalue weighted by atomic mass is 9.95. The summed E-state index contributed by atoms with van der Waals surface area (Å²) in [6.45, 7) is 4.26. The average Bonchev–Trinajstić information content (AvgIpc) is 3.38. The average molecular weight is 733 g/mol. The highest BCUT2D eigenvalue weighted by atomic mass is 127. The standard InChI is InChI=1S/C29H21I2NO2S2/c1-3-5-14(6-4-2)32-28(33)26-17-11-19(35-30)15-9-7-13-8-10-16-20(36-31)12-18(27(26)29(32)34)25-23(16)21(13)22(15)24(17)25/h7-12,14H,3-6H2,1-2H3. The van der Waals surface area contributed by atoms with Gasteiger partial charge >= 0.3 is 0 Å². The van der Waals surface area contributed by atoms with Crippen molar-refractivity contribution in [1.82, 2.24) is 4.57 Å². The Bertz CT molecular complexity index is 1910. The van der Waals surface area contributed by atoms with Crippen LogP contribution in [0, 0.1) is 0 Å². The molecule has 1 heterocycles. The van der Waals surface area contributed by atoms with Crippen molar-refractivity contribution in [2.75, 3.05) is 0 Å². The van der Waals surface area contributed by atoms with Gasteiger partial charge in [-0.3, -0.25) is 14.2 Å². The molecule has 7 heteroatoms. The summed E-state index contributed by atoms with van der Waals surface area (Å²) in [7, 11) is 3.36. The minimum atomic E-state index is -0.112. The van der Waals surface area contributed by atoms with Crippen LogP contribution in [0.25, 0.3) is 64.6 Å². The van der Waals surface area contributed by atoms with Crippen molar-refractivity contribution in [3.63, 3.8) is 0 Å². The van der Waals surface area contributed by atoms with Crippen LogP contribution in [-0.2, 0) is 0 Å². The van der Waals surface area contributed by atoms with Crippen LogP contribution in [0.1, 0.15) is 45.6 Å². The van der Waals surface area contributed by atoms with E-state index in [1.54, 1.807) is 22.4 Å². The van der Waals surface area contributed by atoms with E-state index in [9.17, 15) is 9.59 Å². The molecule has 0 unspecified atom stereocenters. The normalized spacial score (nSPS) is 13.0. The smallest absolute Gasteiger partial charge is 0.262 e. The molecule has 0 N–H and O–H groups in total. The second kappa shape index (κ2) is 8.61. The Labute approximate surface area is 239 Å². The van der Waals surface area contributed by atoms with E-state index in [4.69, 9.17) is 0 Å². The summed E-state index contributed by atoms with van der Waals surface area (Å²) in [6, 6.07) is 13.2. The van der Waals surface area contributed by atoms with Gasteiger partial charge in [-0.1, -0.05) is 68.8 Å². The highest BCUT2D eigenvalue weighted by Crippen LogP contribution is 2.54. The number of nitrogens with zero attached hydrogens (tertiary/aromatic N) is 1. The summed E-state index contributed by atoms with van der Waals surface area (Å²) in [6.07, 6.45) is 3.58. The lowest BCUT2D eigenvalue weighted by molar-refractivity contribution is 0.413. The van der Waals surface area contributed by atoms with Crippen LogP contribution in [0.2, 0.25) is 0 Å². The van der Waals surface area contributed by atoms with Gasteiger partial charge in [-0.15, -0.1) is 0 Å². The van der Waals surface area contributed by atoms with Gasteiger partial charge in [0.1, 0.15) is 0 Å². The monoisotopic (exact) mass is 733 g/mol. The first kappa shape index (κ1) is 23.8. The third kappa shape index (κ3) is 2.89. The summed E-state index contributed by atoms with van der Waals surface area (Å²) < 4.78 is 1.60. The van der Waals surface area contributed by atoms with E-state index in [-0.39, 0.29) is 17.2 Å². The zero-order chi connectivity index (χ0) is 24.9. The molecule has 0 amide bonds. The molecule has 1 aromatic heterocycles. The second-order valence-corrected chi connectivity index (χ2v) is 13.6. The molecule has 0 saturated carbocycles. The van der Waals surface area contributed by atoms with Crippen molar-refractivity contribution in [2.24, 2.45) is 0 Å². The molecule has 0 atom stereocenters. The molecule has 7 aromatic rings. The molecule has 7 rings (SSSR count). The topological polar surface area (TPSA) is 39.1 Å². The first-order valence-corrected chi connectivity index (χ1v) is 19.0. The van der Waals surface area contributed by atoms with Crippen LogP contribution >= 0.6 is 60.3 Å². The molecule has 36 heavy (non-hydrogen) atoms. The quantitative estimate of drug-likeness (QED) is 0.121. The third-order valence-electron chi connectivity index (χ3n) is 7.99. The predicted molar refractivity (Wildman–Crippen MR) is 175 cm³/mol. The lowest BCUT2D eigenvalue weighted by Crippen LogP contribution is -2.30. The molecular weight excluding hydrogens is 712 g/mol. The summed E-state index contributed by atoms with van der Waals surface area (Å²) in [5, 5.41) is 12.8. The maximum atomic E-state index is 14.2. The van der Waals surface area contributed by atoms with Gasteiger partial charge in [-0.25, -0.2) is 0 Å². The van der Waals surface area contributed by atoms with E-state index < -0.39 is 0 Å². The van der Waals surface area contributed by atoms with E-state index >= 15 is 0 Å². The Balaban J connectivity index is 1.84. The van der Waals surface area contributed by atoms with Gasteiger partial charge in [0.15, 0.2) is 0 Å². The Morgan fingerprint density at radius 1 is 0.667 bits per heavy atom. The molecule has 0 fully saturated rings. The maximum absolute atomic E-state index is 14.2. The molecule has 6 aromatic carbocycles. The van der Waals surface area contributed by atoms with Gasteiger partial charge in [0.25, 0.3) is 11.1 Å². The largest absolute Gasteiger partial charge is 0.271 e. The number of hydrogen-bond donors (Lipinski definition) is 0. The van der Waals surface area contributed by atoms with Crippen LogP contribution in [0.3, 0.4) is 0 Å². The van der Waals surface area contributed by atoms with E-state index in [0.717, 1.165) is 57.0 Å². The van der Waals surface area contributed by atoms with Gasteiger partial charge in [-0.2, -0.15) is 0 Å². The molecule has 0 aliphatic carbocycles. The first-order valence-electron chi connectivity index (χ1n) is 12.3. The molecule has 0 aliphatic rings. The highest BCUT2D eigenvalue weighted by molar-refractivity contribution is 14.2. The molecule has 180 valence electrons. The lowest BCUT2D eigenvalue weighted by Gasteiger charge is -2.15. The molecule has 0 spiro atoms. The first-order chi connectivity index (χ1) is 17.5. The van der Waals surface area contributed by atoms with E-state index in [1.807, 2.05) is 0 Å². The molecule has 3 nitrogen and oxygen atoms in total. The Morgan fingerprint density at radius 3 is 1.53 bits per heavy atom. The number of halogens is 2. The van der Waals surface area contributed by atoms with Crippen LogP contribution in [0.15, 0.2) is 55.8 Å². The van der Waals surface area contributed by atoms with E-state index in [2.05, 4.69) is 92.7 Å². The van der Waals surface area contributed by atoms with Crippen LogP contribution in [0.5, 0.6) is 0 Å². The molecule has 0 aliphatic heterocycles. The Hall–Kier alpha value is -1.30. The fourth-order valence-corrected chi connectivity index (χ4v) is 9.69. The zero-order valence-electron chi connectivity index (χ0n) is 19.7. The van der Waals surface area contributed by atoms with Gasteiger partial charge < -0.3 is 0 Å². The zero-order valence-corrected chi connectivity index (χ0v) is 25.7. The maximum Gasteiger partial charge on any atom is 0.262 e. The van der Waals surface area contributed by atoms with Crippen LogP contribution in [0.4, 0.5) is 0 Å². The van der Waals surface area contributed by atoms with E-state index in [0.29, 0.717) is 10.8 Å². The van der Waals surface area contributed by atoms with Gasteiger partial charge in [-0.05, 0) is 78.8 Å². The van der Waals surface area contributed by atoms with Gasteiger partial charge in [0.05, 0.1) is 10.8 Å². The van der Waals surface area contributed by atoms with Crippen molar-refractivity contribution in [1.29, 1.82) is 0 Å². The molecule has 0 radical (unpaired) electrons. The summed E-state index contributed by atoms with van der Waals surface area (Å²) >= 11 is 4.68. The fraction of sp³-hybridized carbons (Fsp3) is 0.241. The van der Waals surface area contributed by atoms with Gasteiger partial charge in [0.2, 0.25) is 0 Å². The minimum absolute atomic E-state index is 0.0551. The Morgan fingerprint density at radius 2 is 1.11 bits per heavy atom. The fourth-order valence-electron chi connectivity index (χ4n) is 6.67. The number of fused-ring (bicyclic) bond motifs is 3. The predicted octanol–water partition coefficient (Wildman–Crippen LogP) is 9.90. The third-order valence-corrected chi connectivity index (χ3v) is 11.8. The van der Waals surface area contributed by atoms with Crippen molar-refractivity contribution in [2.45, 2.75) is 55.4 Å². The van der Waals surface area contributed by atoms with Crippen molar-refractivity contribution >= 4 is 125 Å². The molecular formula is C29H21I2NO2S2. The molecule has 0 bridgehead atoms.